The molecule has 3 nitrogen and oxygen atoms in total. The van der Waals surface area contributed by atoms with E-state index in [9.17, 15) is 5.11 Å². The Labute approximate surface area is 109 Å². The Morgan fingerprint density at radius 2 is 2.06 bits per heavy atom. The Bertz CT molecular complexity index is 373. The molecule has 1 aromatic carbocycles. The number of benzene rings is 1. The van der Waals surface area contributed by atoms with Crippen LogP contribution in [0.15, 0.2) is 18.2 Å². The molecule has 0 saturated carbocycles. The Balaban J connectivity index is 1.78. The number of aliphatic hydroxyl groups excluding tert-OH is 1. The monoisotopic (exact) mass is 249 g/mol. The van der Waals surface area contributed by atoms with Gasteiger partial charge in [0.25, 0.3) is 0 Å². The molecule has 1 N–H and O–H groups in total. The van der Waals surface area contributed by atoms with Gasteiger partial charge in [0.15, 0.2) is 0 Å². The van der Waals surface area contributed by atoms with Crippen molar-refractivity contribution in [1.29, 1.82) is 0 Å². The minimum absolute atomic E-state index is 0.0448. The van der Waals surface area contributed by atoms with Gasteiger partial charge in [-0.2, -0.15) is 0 Å². The van der Waals surface area contributed by atoms with Gasteiger partial charge in [0.2, 0.25) is 0 Å². The second-order valence-electron chi connectivity index (χ2n) is 4.97. The fourth-order valence-electron chi connectivity index (χ4n) is 2.51. The highest BCUT2D eigenvalue weighted by Gasteiger charge is 2.11. The third kappa shape index (κ3) is 3.47. The van der Waals surface area contributed by atoms with E-state index < -0.39 is 0 Å². The minimum Gasteiger partial charge on any atom is -0.493 e. The lowest BCUT2D eigenvalue weighted by Gasteiger charge is -2.16. The largest absolute Gasteiger partial charge is 0.493 e. The van der Waals surface area contributed by atoms with Gasteiger partial charge >= 0.3 is 0 Å². The van der Waals surface area contributed by atoms with Crippen LogP contribution in [-0.2, 0) is 6.61 Å². The number of ether oxygens (including phenoxy) is 1. The number of aliphatic hydroxyl groups is 1. The maximum Gasteiger partial charge on any atom is 0.127 e. The zero-order valence-electron chi connectivity index (χ0n) is 11.2. The molecule has 1 heterocycles. The number of nitrogens with zero attached hydrogens (tertiary/aromatic N) is 1. The zero-order valence-corrected chi connectivity index (χ0v) is 11.2. The van der Waals surface area contributed by atoms with Crippen molar-refractivity contribution < 1.29 is 9.84 Å². The Morgan fingerprint density at radius 1 is 1.28 bits per heavy atom. The van der Waals surface area contributed by atoms with Gasteiger partial charge in [-0.1, -0.05) is 18.2 Å². The van der Waals surface area contributed by atoms with Crippen LogP contribution in [0, 0.1) is 6.92 Å². The third-order valence-electron chi connectivity index (χ3n) is 3.53. The first kappa shape index (κ1) is 13.4. The number of rotatable bonds is 6. The van der Waals surface area contributed by atoms with Crippen molar-refractivity contribution >= 4 is 0 Å². The van der Waals surface area contributed by atoms with E-state index in [-0.39, 0.29) is 6.61 Å². The van der Waals surface area contributed by atoms with E-state index >= 15 is 0 Å². The summed E-state index contributed by atoms with van der Waals surface area (Å²) in [6.07, 6.45) is 3.74. The van der Waals surface area contributed by atoms with Gasteiger partial charge in [-0.3, -0.25) is 0 Å². The molecule has 0 aliphatic carbocycles. The molecule has 0 unspecified atom stereocenters. The summed E-state index contributed by atoms with van der Waals surface area (Å²) in [6.45, 7) is 6.41. The maximum atomic E-state index is 9.28. The molecular formula is C15H23NO2. The normalized spacial score (nSPS) is 16.1. The molecule has 1 aliphatic heterocycles. The zero-order chi connectivity index (χ0) is 12.8. The van der Waals surface area contributed by atoms with E-state index in [0.29, 0.717) is 0 Å². The summed E-state index contributed by atoms with van der Waals surface area (Å²) in [4.78, 5) is 2.49. The van der Waals surface area contributed by atoms with Crippen LogP contribution in [0.4, 0.5) is 0 Å². The molecule has 0 radical (unpaired) electrons. The van der Waals surface area contributed by atoms with E-state index in [2.05, 4.69) is 4.90 Å². The van der Waals surface area contributed by atoms with Crippen molar-refractivity contribution in [2.24, 2.45) is 0 Å². The fraction of sp³-hybridized carbons (Fsp3) is 0.600. The lowest BCUT2D eigenvalue weighted by atomic mass is 10.1. The fourth-order valence-corrected chi connectivity index (χ4v) is 2.51. The second kappa shape index (κ2) is 6.76. The molecule has 18 heavy (non-hydrogen) atoms. The molecule has 1 saturated heterocycles. The highest BCUT2D eigenvalue weighted by molar-refractivity contribution is 5.40. The highest BCUT2D eigenvalue weighted by Crippen LogP contribution is 2.23. The van der Waals surface area contributed by atoms with Gasteiger partial charge in [0.05, 0.1) is 13.2 Å². The lowest BCUT2D eigenvalue weighted by Crippen LogP contribution is -2.22. The van der Waals surface area contributed by atoms with Crippen molar-refractivity contribution in [2.75, 3.05) is 26.2 Å². The number of aryl methyl sites for hydroxylation is 1. The van der Waals surface area contributed by atoms with Crippen LogP contribution in [0.3, 0.4) is 0 Å². The quantitative estimate of drug-likeness (QED) is 0.786. The molecule has 1 aliphatic rings. The number of likely N-dealkylation sites (tertiary alicyclic amines) is 1. The maximum absolute atomic E-state index is 9.28. The van der Waals surface area contributed by atoms with Crippen LogP contribution in [0.2, 0.25) is 0 Å². The van der Waals surface area contributed by atoms with Gasteiger partial charge in [-0.05, 0) is 44.8 Å². The second-order valence-corrected chi connectivity index (χ2v) is 4.97. The first-order chi connectivity index (χ1) is 8.81. The first-order valence-electron chi connectivity index (χ1n) is 6.86. The van der Waals surface area contributed by atoms with Crippen LogP contribution >= 0.6 is 0 Å². The van der Waals surface area contributed by atoms with Gasteiger partial charge in [-0.15, -0.1) is 0 Å². The Hall–Kier alpha value is -1.06. The summed E-state index contributed by atoms with van der Waals surface area (Å²) in [5.41, 5.74) is 1.99. The molecule has 1 aromatic rings. The molecule has 1 fully saturated rings. The van der Waals surface area contributed by atoms with Gasteiger partial charge in [-0.25, -0.2) is 0 Å². The molecule has 0 bridgehead atoms. The molecule has 0 aromatic heterocycles. The van der Waals surface area contributed by atoms with Crippen molar-refractivity contribution in [3.05, 3.63) is 29.3 Å². The lowest BCUT2D eigenvalue weighted by molar-refractivity contribution is 0.245. The molecule has 0 atom stereocenters. The van der Waals surface area contributed by atoms with Crippen LogP contribution in [0.1, 0.15) is 30.4 Å². The first-order valence-corrected chi connectivity index (χ1v) is 6.86. The summed E-state index contributed by atoms with van der Waals surface area (Å²) in [5, 5.41) is 9.28. The smallest absolute Gasteiger partial charge is 0.127 e. The Kier molecular flexibility index (Phi) is 5.02. The summed E-state index contributed by atoms with van der Waals surface area (Å²) >= 11 is 0. The predicted octanol–water partition coefficient (Wildman–Crippen LogP) is 2.35. The summed E-state index contributed by atoms with van der Waals surface area (Å²) in [6, 6.07) is 5.90. The summed E-state index contributed by atoms with van der Waals surface area (Å²) in [5.74, 6) is 0.862. The minimum atomic E-state index is 0.0448. The molecule has 0 spiro atoms. The number of para-hydroxylation sites is 1. The van der Waals surface area contributed by atoms with Crippen LogP contribution < -0.4 is 4.74 Å². The van der Waals surface area contributed by atoms with Crippen LogP contribution in [0.5, 0.6) is 5.75 Å². The van der Waals surface area contributed by atoms with E-state index in [4.69, 9.17) is 4.74 Å². The standard InChI is InChI=1S/C15H23NO2/c1-13-6-4-7-14(12-17)15(13)18-11-5-10-16-8-2-3-9-16/h4,6-7,17H,2-3,5,8-12H2,1H3. The van der Waals surface area contributed by atoms with Gasteiger partial charge < -0.3 is 14.7 Å². The SMILES string of the molecule is Cc1cccc(CO)c1OCCCN1CCCC1. The van der Waals surface area contributed by atoms with Crippen molar-refractivity contribution in [3.8, 4) is 5.75 Å². The molecule has 2 rings (SSSR count). The van der Waals surface area contributed by atoms with Crippen molar-refractivity contribution in [3.63, 3.8) is 0 Å². The van der Waals surface area contributed by atoms with E-state index in [1.807, 2.05) is 25.1 Å². The topological polar surface area (TPSA) is 32.7 Å². The molecule has 100 valence electrons. The number of hydrogen-bond acceptors (Lipinski definition) is 3. The molecule has 0 amide bonds. The van der Waals surface area contributed by atoms with Crippen molar-refractivity contribution in [2.45, 2.75) is 32.8 Å². The average molecular weight is 249 g/mol. The van der Waals surface area contributed by atoms with Crippen LogP contribution in [0.25, 0.3) is 0 Å². The number of hydrogen-bond donors (Lipinski definition) is 1. The van der Waals surface area contributed by atoms with E-state index in [1.165, 1.54) is 25.9 Å². The van der Waals surface area contributed by atoms with Crippen molar-refractivity contribution in [1.82, 2.24) is 4.90 Å². The van der Waals surface area contributed by atoms with Crippen LogP contribution in [-0.4, -0.2) is 36.2 Å². The predicted molar refractivity (Wildman–Crippen MR) is 72.9 cm³/mol. The molecular weight excluding hydrogens is 226 g/mol. The summed E-state index contributed by atoms with van der Waals surface area (Å²) in [7, 11) is 0. The van der Waals surface area contributed by atoms with Gasteiger partial charge in [0, 0.05) is 12.1 Å². The molecule has 3 heteroatoms. The van der Waals surface area contributed by atoms with Gasteiger partial charge in [0.1, 0.15) is 5.75 Å². The highest BCUT2D eigenvalue weighted by atomic mass is 16.5. The Morgan fingerprint density at radius 3 is 2.78 bits per heavy atom. The average Bonchev–Trinajstić information content (AvgIpc) is 2.89. The van der Waals surface area contributed by atoms with E-state index in [0.717, 1.165) is 36.4 Å². The third-order valence-corrected chi connectivity index (χ3v) is 3.53. The summed E-state index contributed by atoms with van der Waals surface area (Å²) < 4.78 is 5.83. The van der Waals surface area contributed by atoms with E-state index in [1.54, 1.807) is 0 Å².